The lowest BCUT2D eigenvalue weighted by molar-refractivity contribution is 0.00568. The van der Waals surface area contributed by atoms with Gasteiger partial charge in [-0.2, -0.15) is 0 Å². The summed E-state index contributed by atoms with van der Waals surface area (Å²) in [5.74, 6) is -7.61. The maximum atomic E-state index is 13.8. The molecule has 0 aromatic heterocycles. The summed E-state index contributed by atoms with van der Waals surface area (Å²) in [5.41, 5.74) is -6.37. The monoisotopic (exact) mass is 376 g/mol. The van der Waals surface area contributed by atoms with E-state index in [2.05, 4.69) is 9.47 Å². The molecule has 0 bridgehead atoms. The highest BCUT2D eigenvalue weighted by molar-refractivity contribution is 5.94. The summed E-state index contributed by atoms with van der Waals surface area (Å²) < 4.78 is 233. The van der Waals surface area contributed by atoms with E-state index < -0.39 is 129 Å². The number of rotatable bonds is 4. The highest BCUT2D eigenvalue weighted by atomic mass is 16.6. The predicted octanol–water partition coefficient (Wildman–Crippen LogP) is 2.69. The van der Waals surface area contributed by atoms with Gasteiger partial charge in [-0.25, -0.2) is 4.79 Å². The number of methoxy groups -OCH3 is 1. The number of amides is 2. The molecule has 1 aromatic rings. The SMILES string of the molecule is [2H]c1c([2H])c([2H])c(C(=O)N([2H])C2([2H])C([2H])([2H])C([2H])([2H])N(C(=O)OC(C([2H])([2H])[2H])(C([2H])([2H])[2H])C([2H])([2H])[2H])C([2H])([2H])C2([2H])C([2H])([2H])OC([2H])([2H])[2H])c([2H])c1[2H]. The lowest BCUT2D eigenvalue weighted by Crippen LogP contribution is -2.54. The molecule has 0 aliphatic carbocycles. The second-order valence-corrected chi connectivity index (χ2v) is 4.08. The first-order valence-corrected chi connectivity index (χ1v) is 6.09. The van der Waals surface area contributed by atoms with E-state index >= 15 is 0 Å². The van der Waals surface area contributed by atoms with Crippen LogP contribution >= 0.6 is 0 Å². The molecule has 25 heavy (non-hydrogen) atoms. The van der Waals surface area contributed by atoms with Crippen LogP contribution in [0.2, 0.25) is 1.41 Å². The van der Waals surface area contributed by atoms with Crippen LogP contribution in [0.4, 0.5) is 4.79 Å². The molecule has 2 rings (SSSR count). The second kappa shape index (κ2) is 8.34. The molecule has 1 saturated heterocycles. The average molecular weight is 377 g/mol. The van der Waals surface area contributed by atoms with E-state index in [1.54, 1.807) is 0 Å². The zero-order chi connectivity index (χ0) is 42.7. The standard InChI is InChI=1S/C19H28N2O4/c1-19(2,3)25-18(23)21-11-10-16(15(12-21)13-24-4)20-17(22)14-8-6-5-7-9-14/h5-9,15-16H,10-13H2,1-4H3,(H,20,22)/i1D3,2D3,3D3,4D3,5D,6D,7D,8D,9D,10D2,11D2,12D2,13D2,15D,16D/hD. The summed E-state index contributed by atoms with van der Waals surface area (Å²) in [6, 6.07) is -11.7. The van der Waals surface area contributed by atoms with Gasteiger partial charge in [-0.15, -0.1) is 0 Å². The molecule has 2 atom stereocenters. The van der Waals surface area contributed by atoms with Crippen LogP contribution in [0.5, 0.6) is 0 Å². The third-order valence-electron chi connectivity index (χ3n) is 2.25. The van der Waals surface area contributed by atoms with Gasteiger partial charge in [0.2, 0.25) is 0 Å². The number of hydrogen-bond acceptors (Lipinski definition) is 4. The molecule has 6 nitrogen and oxygen atoms in total. The summed E-state index contributed by atoms with van der Waals surface area (Å²) >= 11 is 0. The molecule has 0 saturated carbocycles. The normalized spacial score (nSPS) is 51.8. The smallest absolute Gasteiger partial charge is 0.410 e. The largest absolute Gasteiger partial charge is 0.444 e. The Morgan fingerprint density at radius 1 is 1.52 bits per heavy atom. The van der Waals surface area contributed by atoms with Crippen LogP contribution in [0.1, 0.15) is 74.3 Å². The van der Waals surface area contributed by atoms with E-state index in [1.165, 1.54) is 0 Å². The van der Waals surface area contributed by atoms with Crippen molar-refractivity contribution >= 4 is 12.0 Å². The lowest BCUT2D eigenvalue weighted by atomic mass is 9.92. The van der Waals surface area contributed by atoms with Crippen LogP contribution in [-0.4, -0.2) is 55.1 Å². The van der Waals surface area contributed by atoms with Crippen molar-refractivity contribution in [1.82, 2.24) is 10.2 Å². The number of hydrogen-bond donors (Lipinski definition) is 1. The Hall–Kier alpha value is -2.08. The van der Waals surface area contributed by atoms with Crippen LogP contribution in [0.25, 0.3) is 0 Å². The zero-order valence-electron chi connectivity index (χ0n) is 40.0. The van der Waals surface area contributed by atoms with Gasteiger partial charge >= 0.3 is 6.09 Å². The molecule has 6 heteroatoms. The number of benzene rings is 1. The third-order valence-corrected chi connectivity index (χ3v) is 2.25. The third kappa shape index (κ3) is 5.74. The Balaban J connectivity index is 3.24. The molecule has 0 radical (unpaired) electrons. The van der Waals surface area contributed by atoms with Gasteiger partial charge in [0.05, 0.1) is 21.6 Å². The predicted molar refractivity (Wildman–Crippen MR) is 95.5 cm³/mol. The maximum Gasteiger partial charge on any atom is 0.410 e. The first-order chi connectivity index (χ1) is 23.0. The van der Waals surface area contributed by atoms with Crippen molar-refractivity contribution in [2.24, 2.45) is 5.89 Å². The number of ether oxygens (including phenoxy) is 2. The fraction of sp³-hybridized carbons (Fsp3) is 0.579. The van der Waals surface area contributed by atoms with Crippen molar-refractivity contribution in [3.8, 4) is 0 Å². The quantitative estimate of drug-likeness (QED) is 0.877. The van der Waals surface area contributed by atoms with Crippen molar-refractivity contribution in [3.05, 3.63) is 35.8 Å². The number of carbonyl (C=O) groups is 2. The number of piperidine rings is 1. The highest BCUT2D eigenvalue weighted by Gasteiger charge is 2.34. The Morgan fingerprint density at radius 3 is 2.96 bits per heavy atom. The van der Waals surface area contributed by atoms with Gasteiger partial charge in [-0.05, 0) is 39.0 Å². The van der Waals surface area contributed by atoms with Gasteiger partial charge in [0.1, 0.15) is 5.60 Å². The van der Waals surface area contributed by atoms with E-state index in [0.29, 0.717) is 0 Å². The molecular weight excluding hydrogens is 320 g/mol. The van der Waals surface area contributed by atoms with Gasteiger partial charge < -0.3 is 19.7 Å². The van der Waals surface area contributed by atoms with Crippen molar-refractivity contribution < 1.29 is 57.5 Å². The first kappa shape index (κ1) is 4.09. The Morgan fingerprint density at radius 2 is 2.28 bits per heavy atom. The van der Waals surface area contributed by atoms with Gasteiger partial charge in [0.15, 0.2) is 1.41 Å². The minimum Gasteiger partial charge on any atom is -0.444 e. The topological polar surface area (TPSA) is 67.9 Å². The molecule has 2 amide bonds. The van der Waals surface area contributed by atoms with Crippen LogP contribution in [0, 0.1) is 5.89 Å². The summed E-state index contributed by atoms with van der Waals surface area (Å²) in [6.45, 7) is -28.2. The molecular formula is C19H28N2O4. The first-order valence-electron chi connectivity index (χ1n) is 20.0. The Bertz CT molecular complexity index is 1580. The van der Waals surface area contributed by atoms with Gasteiger partial charge in [0, 0.05) is 59.4 Å². The van der Waals surface area contributed by atoms with Crippen LogP contribution in [-0.2, 0) is 9.47 Å². The number of nitrogens with one attached hydrogen (secondary N) is 1. The Labute approximate surface area is 188 Å². The van der Waals surface area contributed by atoms with Crippen molar-refractivity contribution in [3.63, 3.8) is 0 Å². The molecule has 1 N–H and O–H groups in total. The molecule has 1 heterocycles. The van der Waals surface area contributed by atoms with Gasteiger partial charge in [0.25, 0.3) is 5.91 Å². The van der Waals surface area contributed by atoms with Crippen LogP contribution in [0.3, 0.4) is 0 Å². The van der Waals surface area contributed by atoms with E-state index in [0.717, 1.165) is 0 Å². The van der Waals surface area contributed by atoms with E-state index in [4.69, 9.17) is 38.4 Å². The number of nitrogens with zero attached hydrogens (tertiary/aromatic N) is 1. The second-order valence-electron chi connectivity index (χ2n) is 4.08. The minimum absolute atomic E-state index is 1.15. The minimum atomic E-state index is -5.15. The maximum absolute atomic E-state index is 13.8. The zero-order valence-corrected chi connectivity index (χ0v) is 12.0. The van der Waals surface area contributed by atoms with Crippen LogP contribution < -0.4 is 5.31 Å². The van der Waals surface area contributed by atoms with Gasteiger partial charge in [-0.1, -0.05) is 18.1 Å². The summed E-state index contributed by atoms with van der Waals surface area (Å²) in [5, 5.41) is -1.27. The Kier molecular flexibility index (Phi) is 1.36. The van der Waals surface area contributed by atoms with Crippen LogP contribution in [0.15, 0.2) is 30.2 Å². The fourth-order valence-corrected chi connectivity index (χ4v) is 1.35. The van der Waals surface area contributed by atoms with Crippen molar-refractivity contribution in [2.45, 2.75) is 38.5 Å². The molecule has 1 aliphatic rings. The van der Waals surface area contributed by atoms with Crippen molar-refractivity contribution in [2.75, 3.05) is 26.6 Å². The van der Waals surface area contributed by atoms with E-state index in [1.807, 2.05) is 0 Å². The van der Waals surface area contributed by atoms with E-state index in [-0.39, 0.29) is 0 Å². The fourth-order valence-electron chi connectivity index (χ4n) is 1.35. The average Bonchev–Trinajstić information content (AvgIpc) is 2.92. The number of likely N-dealkylation sites (tertiary alicyclic amines) is 1. The van der Waals surface area contributed by atoms with E-state index in [9.17, 15) is 9.59 Å². The van der Waals surface area contributed by atoms with Gasteiger partial charge in [-0.3, -0.25) is 4.79 Å². The molecule has 0 spiro atoms. The summed E-state index contributed by atoms with van der Waals surface area (Å²) in [7, 11) is -4.15. The highest BCUT2D eigenvalue weighted by Crippen LogP contribution is 2.21. The summed E-state index contributed by atoms with van der Waals surface area (Å²) in [6.07, 6.45) is -8.06. The molecule has 1 fully saturated rings. The molecule has 1 aromatic carbocycles. The lowest BCUT2D eigenvalue weighted by Gasteiger charge is -2.39. The van der Waals surface area contributed by atoms with Crippen molar-refractivity contribution in [1.29, 1.82) is 0 Å². The molecule has 2 unspecified atom stereocenters. The molecule has 1 aliphatic heterocycles. The number of carbonyl (C=O) groups excluding carboxylic acids is 2. The summed E-state index contributed by atoms with van der Waals surface area (Å²) in [4.78, 5) is 26.1. The molecule has 138 valence electrons.